The summed E-state index contributed by atoms with van der Waals surface area (Å²) >= 11 is 1.31. The standard InChI is InChI=1S/C11H10N2O3S/c1-16-10(15)7-4-2-3-5-8(7)12-11-13-9(14)6-17-11/h2-5H,6H2,1H3,(H,12,13,14). The van der Waals surface area contributed by atoms with Crippen molar-refractivity contribution >= 4 is 34.5 Å². The van der Waals surface area contributed by atoms with Gasteiger partial charge in [0, 0.05) is 0 Å². The molecule has 0 bridgehead atoms. The van der Waals surface area contributed by atoms with Crippen molar-refractivity contribution in [1.29, 1.82) is 0 Å². The molecule has 1 saturated heterocycles. The molecule has 88 valence electrons. The molecule has 0 aliphatic carbocycles. The molecule has 0 aromatic heterocycles. The summed E-state index contributed by atoms with van der Waals surface area (Å²) in [7, 11) is 1.32. The van der Waals surface area contributed by atoms with E-state index < -0.39 is 5.97 Å². The summed E-state index contributed by atoms with van der Waals surface area (Å²) in [6.07, 6.45) is 0. The lowest BCUT2D eigenvalue weighted by molar-refractivity contribution is -0.116. The fourth-order valence-corrected chi connectivity index (χ4v) is 2.04. The van der Waals surface area contributed by atoms with Crippen molar-refractivity contribution in [2.75, 3.05) is 12.9 Å². The molecule has 1 amide bonds. The van der Waals surface area contributed by atoms with E-state index >= 15 is 0 Å². The highest BCUT2D eigenvalue weighted by Crippen LogP contribution is 2.22. The number of para-hydroxylation sites is 1. The van der Waals surface area contributed by atoms with Gasteiger partial charge in [-0.2, -0.15) is 0 Å². The van der Waals surface area contributed by atoms with E-state index in [-0.39, 0.29) is 5.91 Å². The van der Waals surface area contributed by atoms with Gasteiger partial charge in [-0.05, 0) is 12.1 Å². The third kappa shape index (κ3) is 2.65. The number of ether oxygens (including phenoxy) is 1. The summed E-state index contributed by atoms with van der Waals surface area (Å²) in [6.45, 7) is 0. The number of rotatable bonds is 2. The summed E-state index contributed by atoms with van der Waals surface area (Å²) in [6, 6.07) is 6.83. The summed E-state index contributed by atoms with van der Waals surface area (Å²) in [5.74, 6) is -0.164. The molecule has 0 spiro atoms. The Kier molecular flexibility index (Phi) is 3.43. The van der Waals surface area contributed by atoms with Crippen molar-refractivity contribution in [2.24, 2.45) is 4.99 Å². The predicted molar refractivity (Wildman–Crippen MR) is 65.5 cm³/mol. The fraction of sp³-hybridized carbons (Fsp3) is 0.182. The van der Waals surface area contributed by atoms with Gasteiger partial charge in [0.15, 0.2) is 5.17 Å². The van der Waals surface area contributed by atoms with Crippen LogP contribution in [0.5, 0.6) is 0 Å². The molecule has 1 N–H and O–H groups in total. The van der Waals surface area contributed by atoms with Crippen molar-refractivity contribution in [3.05, 3.63) is 29.8 Å². The lowest BCUT2D eigenvalue weighted by atomic mass is 10.2. The lowest BCUT2D eigenvalue weighted by Gasteiger charge is -2.03. The number of thioether (sulfide) groups is 1. The monoisotopic (exact) mass is 250 g/mol. The molecule has 1 heterocycles. The van der Waals surface area contributed by atoms with Crippen molar-refractivity contribution in [3.8, 4) is 0 Å². The van der Waals surface area contributed by atoms with Gasteiger partial charge < -0.3 is 10.1 Å². The highest BCUT2D eigenvalue weighted by molar-refractivity contribution is 8.15. The highest BCUT2D eigenvalue weighted by Gasteiger charge is 2.18. The van der Waals surface area contributed by atoms with E-state index in [0.717, 1.165) is 0 Å². The average molecular weight is 250 g/mol. The van der Waals surface area contributed by atoms with Gasteiger partial charge >= 0.3 is 5.97 Å². The molecular formula is C11H10N2O3S. The number of methoxy groups -OCH3 is 1. The van der Waals surface area contributed by atoms with Crippen LogP contribution < -0.4 is 5.32 Å². The van der Waals surface area contributed by atoms with Crippen molar-refractivity contribution in [1.82, 2.24) is 5.32 Å². The Morgan fingerprint density at radius 2 is 2.24 bits per heavy atom. The SMILES string of the molecule is COC(=O)c1ccccc1N=C1NC(=O)CS1. The van der Waals surface area contributed by atoms with Crippen LogP contribution in [0.3, 0.4) is 0 Å². The molecular weight excluding hydrogens is 240 g/mol. The molecule has 0 atom stereocenters. The van der Waals surface area contributed by atoms with E-state index in [1.165, 1.54) is 18.9 Å². The minimum Gasteiger partial charge on any atom is -0.465 e. The maximum Gasteiger partial charge on any atom is 0.340 e. The smallest absolute Gasteiger partial charge is 0.340 e. The molecule has 5 nitrogen and oxygen atoms in total. The van der Waals surface area contributed by atoms with Crippen LogP contribution in [0.25, 0.3) is 0 Å². The first-order valence-corrected chi connectivity index (χ1v) is 5.88. The largest absolute Gasteiger partial charge is 0.465 e. The number of hydrogen-bond acceptors (Lipinski definition) is 5. The van der Waals surface area contributed by atoms with E-state index in [9.17, 15) is 9.59 Å². The van der Waals surface area contributed by atoms with Crippen LogP contribution in [-0.2, 0) is 9.53 Å². The molecule has 0 unspecified atom stereocenters. The summed E-state index contributed by atoms with van der Waals surface area (Å²) in [5, 5.41) is 3.11. The fourth-order valence-electron chi connectivity index (χ4n) is 1.35. The maximum absolute atomic E-state index is 11.5. The molecule has 2 rings (SSSR count). The van der Waals surface area contributed by atoms with Crippen LogP contribution in [-0.4, -0.2) is 29.9 Å². The normalized spacial score (nSPS) is 17.0. The lowest BCUT2D eigenvalue weighted by Crippen LogP contribution is -2.19. The Labute approximate surface area is 102 Å². The Hall–Kier alpha value is -1.82. The third-order valence-corrected chi connectivity index (χ3v) is 2.99. The second-order valence-electron chi connectivity index (χ2n) is 3.26. The molecule has 1 aromatic carbocycles. The molecule has 0 saturated carbocycles. The Morgan fingerprint density at radius 1 is 1.47 bits per heavy atom. The molecule has 1 aromatic rings. The Bertz CT molecular complexity index is 499. The van der Waals surface area contributed by atoms with E-state index in [0.29, 0.717) is 22.2 Å². The molecule has 17 heavy (non-hydrogen) atoms. The number of nitrogens with one attached hydrogen (secondary N) is 1. The van der Waals surface area contributed by atoms with Crippen molar-refractivity contribution in [2.45, 2.75) is 0 Å². The van der Waals surface area contributed by atoms with Gasteiger partial charge in [-0.3, -0.25) is 4.79 Å². The topological polar surface area (TPSA) is 67.8 Å². The average Bonchev–Trinajstić information content (AvgIpc) is 2.74. The second kappa shape index (κ2) is 5.01. The van der Waals surface area contributed by atoms with E-state index in [1.807, 2.05) is 0 Å². The first kappa shape index (κ1) is 11.7. The number of benzene rings is 1. The summed E-state index contributed by atoms with van der Waals surface area (Å²) < 4.78 is 4.66. The molecule has 6 heteroatoms. The zero-order valence-corrected chi connectivity index (χ0v) is 9.91. The predicted octanol–water partition coefficient (Wildman–Crippen LogP) is 1.32. The minimum atomic E-state index is -0.445. The van der Waals surface area contributed by atoms with E-state index in [4.69, 9.17) is 0 Å². The number of hydrogen-bond donors (Lipinski definition) is 1. The van der Waals surface area contributed by atoms with Crippen LogP contribution in [0.15, 0.2) is 29.3 Å². The van der Waals surface area contributed by atoms with Gasteiger partial charge in [0.25, 0.3) is 0 Å². The van der Waals surface area contributed by atoms with Crippen molar-refractivity contribution < 1.29 is 14.3 Å². The number of amides is 1. The molecule has 1 aliphatic rings. The van der Waals surface area contributed by atoms with Crippen LogP contribution in [0, 0.1) is 0 Å². The van der Waals surface area contributed by atoms with Gasteiger partial charge in [0.05, 0.1) is 24.1 Å². The number of carbonyl (C=O) groups is 2. The second-order valence-corrected chi connectivity index (χ2v) is 4.23. The van der Waals surface area contributed by atoms with Gasteiger partial charge in [0.2, 0.25) is 5.91 Å². The molecule has 1 aliphatic heterocycles. The number of carbonyl (C=O) groups excluding carboxylic acids is 2. The third-order valence-electron chi connectivity index (χ3n) is 2.12. The van der Waals surface area contributed by atoms with Crippen LogP contribution in [0.4, 0.5) is 5.69 Å². The zero-order chi connectivity index (χ0) is 12.3. The number of nitrogens with zero attached hydrogens (tertiary/aromatic N) is 1. The number of aliphatic imine (C=N–C) groups is 1. The van der Waals surface area contributed by atoms with Gasteiger partial charge in [-0.25, -0.2) is 9.79 Å². The quantitative estimate of drug-likeness (QED) is 0.804. The molecule has 1 fully saturated rings. The Morgan fingerprint density at radius 3 is 2.88 bits per heavy atom. The first-order chi connectivity index (χ1) is 8.20. The highest BCUT2D eigenvalue weighted by atomic mass is 32.2. The number of amidine groups is 1. The van der Waals surface area contributed by atoms with E-state index in [1.54, 1.807) is 24.3 Å². The minimum absolute atomic E-state index is 0.0794. The van der Waals surface area contributed by atoms with E-state index in [2.05, 4.69) is 15.0 Å². The first-order valence-electron chi connectivity index (χ1n) is 4.89. The summed E-state index contributed by atoms with van der Waals surface area (Å²) in [5.41, 5.74) is 0.869. The molecule has 0 radical (unpaired) electrons. The van der Waals surface area contributed by atoms with Crippen LogP contribution in [0.2, 0.25) is 0 Å². The van der Waals surface area contributed by atoms with Crippen molar-refractivity contribution in [3.63, 3.8) is 0 Å². The van der Waals surface area contributed by atoms with Gasteiger partial charge in [-0.1, -0.05) is 23.9 Å². The maximum atomic E-state index is 11.5. The van der Waals surface area contributed by atoms with Crippen LogP contribution >= 0.6 is 11.8 Å². The summed E-state index contributed by atoms with van der Waals surface area (Å²) in [4.78, 5) is 26.7. The van der Waals surface area contributed by atoms with Gasteiger partial charge in [-0.15, -0.1) is 0 Å². The van der Waals surface area contributed by atoms with Gasteiger partial charge in [0.1, 0.15) is 0 Å². The Balaban J connectivity index is 2.32. The zero-order valence-electron chi connectivity index (χ0n) is 9.10. The number of esters is 1. The van der Waals surface area contributed by atoms with Crippen LogP contribution in [0.1, 0.15) is 10.4 Å².